The number of rotatable bonds is 5. The van der Waals surface area contributed by atoms with Crippen molar-refractivity contribution < 1.29 is 9.47 Å². The van der Waals surface area contributed by atoms with Gasteiger partial charge in [-0.2, -0.15) is 0 Å². The second-order valence-corrected chi connectivity index (χ2v) is 4.42. The highest BCUT2D eigenvalue weighted by Gasteiger charge is 2.19. The molecular weight excluding hydrogens is 280 g/mol. The number of benzene rings is 1. The Bertz CT molecular complexity index is 577. The van der Waals surface area contributed by atoms with Crippen LogP contribution in [0.5, 0.6) is 11.6 Å². The Morgan fingerprint density at radius 1 is 1.15 bits per heavy atom. The molecule has 2 aromatic rings. The summed E-state index contributed by atoms with van der Waals surface area (Å²) < 4.78 is 10.3. The average molecular weight is 295 g/mol. The molecular formula is C13H15ClN4O2. The van der Waals surface area contributed by atoms with Gasteiger partial charge in [0.25, 0.3) is 0 Å². The third kappa shape index (κ3) is 2.98. The fraction of sp³-hybridized carbons (Fsp3) is 0.231. The molecule has 20 heavy (non-hydrogen) atoms. The molecule has 0 aliphatic heterocycles. The molecule has 1 unspecified atom stereocenters. The topological polar surface area (TPSA) is 82.3 Å². The third-order valence-corrected chi connectivity index (χ3v) is 3.07. The van der Waals surface area contributed by atoms with Gasteiger partial charge >= 0.3 is 0 Å². The third-order valence-electron chi connectivity index (χ3n) is 2.84. The molecule has 6 nitrogen and oxygen atoms in total. The van der Waals surface area contributed by atoms with Gasteiger partial charge in [0.2, 0.25) is 5.88 Å². The first-order valence-electron chi connectivity index (χ1n) is 5.86. The fourth-order valence-corrected chi connectivity index (χ4v) is 2.04. The summed E-state index contributed by atoms with van der Waals surface area (Å²) in [6.45, 7) is 0. The van der Waals surface area contributed by atoms with E-state index >= 15 is 0 Å². The predicted molar refractivity (Wildman–Crippen MR) is 75.8 cm³/mol. The SMILES string of the molecule is COc1ccc(C(NN)c2cc(Cl)ccc2OC)nn1. The lowest BCUT2D eigenvalue weighted by Gasteiger charge is -2.18. The molecule has 0 aliphatic carbocycles. The average Bonchev–Trinajstić information content (AvgIpc) is 2.49. The number of nitrogens with one attached hydrogen (secondary N) is 1. The van der Waals surface area contributed by atoms with E-state index in [1.807, 2.05) is 0 Å². The maximum absolute atomic E-state index is 6.03. The van der Waals surface area contributed by atoms with Gasteiger partial charge in [-0.15, -0.1) is 10.2 Å². The van der Waals surface area contributed by atoms with E-state index < -0.39 is 0 Å². The van der Waals surface area contributed by atoms with Crippen LogP contribution in [0, 0.1) is 0 Å². The van der Waals surface area contributed by atoms with E-state index in [4.69, 9.17) is 26.9 Å². The molecule has 106 valence electrons. The first-order valence-corrected chi connectivity index (χ1v) is 6.24. The van der Waals surface area contributed by atoms with Crippen molar-refractivity contribution in [3.8, 4) is 11.6 Å². The monoisotopic (exact) mass is 294 g/mol. The molecule has 0 saturated heterocycles. The molecule has 1 aromatic heterocycles. The summed E-state index contributed by atoms with van der Waals surface area (Å²) in [6, 6.07) is 8.40. The minimum atomic E-state index is -0.387. The van der Waals surface area contributed by atoms with E-state index in [0.717, 1.165) is 5.56 Å². The smallest absolute Gasteiger partial charge is 0.233 e. The molecule has 1 aromatic carbocycles. The quantitative estimate of drug-likeness (QED) is 0.645. The van der Waals surface area contributed by atoms with Gasteiger partial charge in [-0.1, -0.05) is 11.6 Å². The van der Waals surface area contributed by atoms with Crippen LogP contribution in [0.3, 0.4) is 0 Å². The van der Waals surface area contributed by atoms with E-state index in [1.165, 1.54) is 7.11 Å². The summed E-state index contributed by atoms with van der Waals surface area (Å²) in [7, 11) is 3.11. The number of nitrogens with two attached hydrogens (primary N) is 1. The fourth-order valence-electron chi connectivity index (χ4n) is 1.86. The van der Waals surface area contributed by atoms with Crippen LogP contribution in [-0.4, -0.2) is 24.4 Å². The summed E-state index contributed by atoms with van der Waals surface area (Å²) in [6.07, 6.45) is 0. The Morgan fingerprint density at radius 3 is 2.50 bits per heavy atom. The lowest BCUT2D eigenvalue weighted by atomic mass is 10.0. The number of hydrogen-bond donors (Lipinski definition) is 2. The minimum Gasteiger partial charge on any atom is -0.496 e. The normalized spacial score (nSPS) is 12.0. The highest BCUT2D eigenvalue weighted by Crippen LogP contribution is 2.31. The first kappa shape index (κ1) is 14.5. The van der Waals surface area contributed by atoms with Crippen molar-refractivity contribution in [2.75, 3.05) is 14.2 Å². The number of nitrogens with zero attached hydrogens (tertiary/aromatic N) is 2. The molecule has 0 saturated carbocycles. The van der Waals surface area contributed by atoms with Gasteiger partial charge in [-0.3, -0.25) is 5.84 Å². The molecule has 2 rings (SSSR count). The molecule has 0 aliphatic rings. The zero-order chi connectivity index (χ0) is 14.5. The van der Waals surface area contributed by atoms with Gasteiger partial charge in [0.05, 0.1) is 26.0 Å². The lowest BCUT2D eigenvalue weighted by molar-refractivity contribution is 0.388. The summed E-state index contributed by atoms with van der Waals surface area (Å²) in [5.74, 6) is 6.73. The molecule has 3 N–H and O–H groups in total. The van der Waals surface area contributed by atoms with Crippen molar-refractivity contribution in [3.63, 3.8) is 0 Å². The Kier molecular flexibility index (Phi) is 4.73. The van der Waals surface area contributed by atoms with Crippen LogP contribution in [0.25, 0.3) is 0 Å². The Labute approximate surface area is 121 Å². The predicted octanol–water partition coefficient (Wildman–Crippen LogP) is 1.70. The number of aromatic nitrogens is 2. The minimum absolute atomic E-state index is 0.387. The maximum atomic E-state index is 6.03. The Hall–Kier alpha value is -1.89. The summed E-state index contributed by atoms with van der Waals surface area (Å²) in [5.41, 5.74) is 4.10. The first-order chi connectivity index (χ1) is 9.69. The van der Waals surface area contributed by atoms with Crippen LogP contribution in [-0.2, 0) is 0 Å². The van der Waals surface area contributed by atoms with Crippen LogP contribution in [0.4, 0.5) is 0 Å². The number of hydrogen-bond acceptors (Lipinski definition) is 6. The van der Waals surface area contributed by atoms with Gasteiger partial charge in [-0.05, 0) is 24.3 Å². The van der Waals surface area contributed by atoms with E-state index in [2.05, 4.69) is 15.6 Å². The number of hydrazine groups is 1. The standard InChI is InChI=1S/C13H15ClN4O2/c1-19-11-5-3-8(14)7-9(11)13(16-15)10-4-6-12(20-2)18-17-10/h3-7,13,16H,15H2,1-2H3. The molecule has 1 heterocycles. The second-order valence-electron chi connectivity index (χ2n) is 3.99. The molecule has 0 bridgehead atoms. The van der Waals surface area contributed by atoms with Gasteiger partial charge < -0.3 is 9.47 Å². The van der Waals surface area contributed by atoms with E-state index in [1.54, 1.807) is 37.4 Å². The highest BCUT2D eigenvalue weighted by atomic mass is 35.5. The number of methoxy groups -OCH3 is 2. The van der Waals surface area contributed by atoms with Crippen molar-refractivity contribution in [2.24, 2.45) is 5.84 Å². The highest BCUT2D eigenvalue weighted by molar-refractivity contribution is 6.30. The molecule has 0 spiro atoms. The molecule has 0 radical (unpaired) electrons. The zero-order valence-electron chi connectivity index (χ0n) is 11.1. The summed E-state index contributed by atoms with van der Waals surface area (Å²) in [5, 5.41) is 8.60. The van der Waals surface area contributed by atoms with Crippen LogP contribution < -0.4 is 20.7 Å². The lowest BCUT2D eigenvalue weighted by Crippen LogP contribution is -2.30. The molecule has 7 heteroatoms. The Balaban J connectivity index is 2.43. The number of halogens is 1. The largest absolute Gasteiger partial charge is 0.496 e. The molecule has 1 atom stereocenters. The van der Waals surface area contributed by atoms with E-state index in [0.29, 0.717) is 22.3 Å². The Morgan fingerprint density at radius 2 is 1.95 bits per heavy atom. The van der Waals surface area contributed by atoms with Crippen molar-refractivity contribution >= 4 is 11.6 Å². The van der Waals surface area contributed by atoms with Gasteiger partial charge in [0.1, 0.15) is 5.75 Å². The summed E-state index contributed by atoms with van der Waals surface area (Å²) >= 11 is 6.03. The van der Waals surface area contributed by atoms with E-state index in [-0.39, 0.29) is 6.04 Å². The van der Waals surface area contributed by atoms with Crippen molar-refractivity contribution in [1.29, 1.82) is 0 Å². The van der Waals surface area contributed by atoms with Gasteiger partial charge in [0, 0.05) is 16.7 Å². The molecule has 0 fully saturated rings. The van der Waals surface area contributed by atoms with Gasteiger partial charge in [0.15, 0.2) is 0 Å². The van der Waals surface area contributed by atoms with Crippen LogP contribution in [0.1, 0.15) is 17.3 Å². The van der Waals surface area contributed by atoms with Crippen molar-refractivity contribution in [3.05, 3.63) is 46.6 Å². The van der Waals surface area contributed by atoms with Crippen LogP contribution in [0.2, 0.25) is 5.02 Å². The summed E-state index contributed by atoms with van der Waals surface area (Å²) in [4.78, 5) is 0. The van der Waals surface area contributed by atoms with Crippen molar-refractivity contribution in [1.82, 2.24) is 15.6 Å². The van der Waals surface area contributed by atoms with Crippen molar-refractivity contribution in [2.45, 2.75) is 6.04 Å². The van der Waals surface area contributed by atoms with Crippen LogP contribution in [0.15, 0.2) is 30.3 Å². The van der Waals surface area contributed by atoms with Gasteiger partial charge in [-0.25, -0.2) is 5.43 Å². The second kappa shape index (κ2) is 6.51. The van der Waals surface area contributed by atoms with Crippen LogP contribution >= 0.6 is 11.6 Å². The maximum Gasteiger partial charge on any atom is 0.233 e. The van der Waals surface area contributed by atoms with E-state index in [9.17, 15) is 0 Å². The number of ether oxygens (including phenoxy) is 2. The zero-order valence-corrected chi connectivity index (χ0v) is 11.9. The molecule has 0 amide bonds.